The van der Waals surface area contributed by atoms with Crippen molar-refractivity contribution in [2.45, 2.75) is 58.9 Å². The highest BCUT2D eigenvalue weighted by Crippen LogP contribution is 2.26. The molecule has 0 saturated heterocycles. The van der Waals surface area contributed by atoms with Crippen LogP contribution in [0, 0.1) is 0 Å². The maximum absolute atomic E-state index is 11.3. The van der Waals surface area contributed by atoms with Crippen LogP contribution < -0.4 is 5.32 Å². The van der Waals surface area contributed by atoms with Crippen LogP contribution in [0.15, 0.2) is 4.52 Å². The number of carbonyl (C=O) groups excluding carboxylic acids is 1. The summed E-state index contributed by atoms with van der Waals surface area (Å²) in [6, 6.07) is 0. The number of hydrogen-bond donors (Lipinski definition) is 1. The van der Waals surface area contributed by atoms with Gasteiger partial charge in [-0.1, -0.05) is 25.9 Å². The lowest BCUT2D eigenvalue weighted by Crippen LogP contribution is -2.44. The molecule has 5 heteroatoms. The number of carbonyl (C=O) groups is 1. The summed E-state index contributed by atoms with van der Waals surface area (Å²) in [6.45, 7) is 7.59. The third kappa shape index (κ3) is 3.05. The van der Waals surface area contributed by atoms with Crippen molar-refractivity contribution >= 4 is 5.91 Å². The van der Waals surface area contributed by atoms with E-state index in [1.807, 2.05) is 13.8 Å². The summed E-state index contributed by atoms with van der Waals surface area (Å²) >= 11 is 0. The third-order valence-corrected chi connectivity index (χ3v) is 2.98. The van der Waals surface area contributed by atoms with Gasteiger partial charge in [0.15, 0.2) is 5.82 Å². The molecule has 17 heavy (non-hydrogen) atoms. The average molecular weight is 239 g/mol. The van der Waals surface area contributed by atoms with Gasteiger partial charge in [0.2, 0.25) is 11.8 Å². The van der Waals surface area contributed by atoms with E-state index in [-0.39, 0.29) is 5.91 Å². The lowest BCUT2D eigenvalue weighted by molar-refractivity contribution is -0.121. The molecule has 0 bridgehead atoms. The Bertz CT molecular complexity index is 370. The van der Waals surface area contributed by atoms with Gasteiger partial charge < -0.3 is 9.84 Å². The summed E-state index contributed by atoms with van der Waals surface area (Å²) in [7, 11) is 0. The molecule has 0 radical (unpaired) electrons. The minimum atomic E-state index is -0.499. The van der Waals surface area contributed by atoms with E-state index >= 15 is 0 Å². The molecule has 1 heterocycles. The van der Waals surface area contributed by atoms with Crippen molar-refractivity contribution in [3.05, 3.63) is 11.7 Å². The second kappa shape index (κ2) is 5.80. The van der Waals surface area contributed by atoms with Crippen LogP contribution in [0.3, 0.4) is 0 Å². The zero-order valence-corrected chi connectivity index (χ0v) is 11.0. The maximum Gasteiger partial charge on any atom is 0.226 e. The molecular weight excluding hydrogens is 218 g/mol. The molecule has 0 aliphatic carbocycles. The molecule has 0 fully saturated rings. The van der Waals surface area contributed by atoms with Crippen LogP contribution in [-0.2, 0) is 16.8 Å². The SMILES string of the molecule is CCCc1nc(C(CC)(CC)NC(C)=O)no1. The summed E-state index contributed by atoms with van der Waals surface area (Å²) in [6.07, 6.45) is 3.23. The van der Waals surface area contributed by atoms with E-state index in [4.69, 9.17) is 4.52 Å². The van der Waals surface area contributed by atoms with Crippen molar-refractivity contribution in [3.63, 3.8) is 0 Å². The van der Waals surface area contributed by atoms with Crippen molar-refractivity contribution in [2.75, 3.05) is 0 Å². The van der Waals surface area contributed by atoms with E-state index < -0.39 is 5.54 Å². The van der Waals surface area contributed by atoms with Gasteiger partial charge in [-0.05, 0) is 19.3 Å². The molecular formula is C12H21N3O2. The first-order valence-corrected chi connectivity index (χ1v) is 6.19. The Morgan fingerprint density at radius 3 is 2.47 bits per heavy atom. The standard InChI is InChI=1S/C12H21N3O2/c1-5-8-10-13-11(15-17-10)12(6-2,7-3)14-9(4)16/h5-8H2,1-4H3,(H,14,16). The summed E-state index contributed by atoms with van der Waals surface area (Å²) < 4.78 is 5.18. The molecule has 1 N–H and O–H groups in total. The van der Waals surface area contributed by atoms with E-state index in [0.717, 1.165) is 25.7 Å². The monoisotopic (exact) mass is 239 g/mol. The number of aromatic nitrogens is 2. The molecule has 1 rings (SSSR count). The van der Waals surface area contributed by atoms with E-state index in [0.29, 0.717) is 11.7 Å². The van der Waals surface area contributed by atoms with Crippen molar-refractivity contribution in [1.29, 1.82) is 0 Å². The van der Waals surface area contributed by atoms with Gasteiger partial charge in [-0.2, -0.15) is 4.98 Å². The van der Waals surface area contributed by atoms with Gasteiger partial charge in [-0.15, -0.1) is 0 Å². The van der Waals surface area contributed by atoms with Gasteiger partial charge in [0.25, 0.3) is 0 Å². The second-order valence-electron chi connectivity index (χ2n) is 4.23. The molecule has 0 aromatic carbocycles. The molecule has 96 valence electrons. The minimum Gasteiger partial charge on any atom is -0.343 e. The van der Waals surface area contributed by atoms with Crippen molar-refractivity contribution < 1.29 is 9.32 Å². The van der Waals surface area contributed by atoms with Gasteiger partial charge in [0.1, 0.15) is 5.54 Å². The van der Waals surface area contributed by atoms with Gasteiger partial charge in [-0.25, -0.2) is 0 Å². The van der Waals surface area contributed by atoms with Crippen molar-refractivity contribution in [2.24, 2.45) is 0 Å². The van der Waals surface area contributed by atoms with Gasteiger partial charge in [-0.3, -0.25) is 4.79 Å². The molecule has 1 amide bonds. The number of nitrogens with one attached hydrogen (secondary N) is 1. The predicted molar refractivity (Wildman–Crippen MR) is 64.4 cm³/mol. The van der Waals surface area contributed by atoms with Crippen LogP contribution >= 0.6 is 0 Å². The smallest absolute Gasteiger partial charge is 0.226 e. The third-order valence-electron chi connectivity index (χ3n) is 2.98. The van der Waals surface area contributed by atoms with Crippen LogP contribution in [0.2, 0.25) is 0 Å². The topological polar surface area (TPSA) is 68.0 Å². The molecule has 0 aliphatic rings. The van der Waals surface area contributed by atoms with Crippen LogP contribution in [0.5, 0.6) is 0 Å². The van der Waals surface area contributed by atoms with E-state index in [9.17, 15) is 4.79 Å². The van der Waals surface area contributed by atoms with Gasteiger partial charge in [0.05, 0.1) is 0 Å². The van der Waals surface area contributed by atoms with E-state index in [2.05, 4.69) is 22.4 Å². The number of aryl methyl sites for hydroxylation is 1. The largest absolute Gasteiger partial charge is 0.343 e. The Labute approximate surface area is 102 Å². The Morgan fingerprint density at radius 2 is 2.00 bits per heavy atom. The number of hydrogen-bond acceptors (Lipinski definition) is 4. The molecule has 1 aromatic rings. The van der Waals surface area contributed by atoms with Gasteiger partial charge >= 0.3 is 0 Å². The zero-order chi connectivity index (χ0) is 12.9. The van der Waals surface area contributed by atoms with Crippen molar-refractivity contribution in [1.82, 2.24) is 15.5 Å². The van der Waals surface area contributed by atoms with E-state index in [1.165, 1.54) is 6.92 Å². The molecule has 5 nitrogen and oxygen atoms in total. The quantitative estimate of drug-likeness (QED) is 0.826. The molecule has 0 unspecified atom stereocenters. The lowest BCUT2D eigenvalue weighted by atomic mass is 9.92. The molecule has 0 atom stereocenters. The summed E-state index contributed by atoms with van der Waals surface area (Å²) in [4.78, 5) is 15.7. The summed E-state index contributed by atoms with van der Waals surface area (Å²) in [5, 5.41) is 6.94. The molecule has 1 aromatic heterocycles. The molecule has 0 aliphatic heterocycles. The average Bonchev–Trinajstić information content (AvgIpc) is 2.75. The highest BCUT2D eigenvalue weighted by Gasteiger charge is 2.34. The molecule has 0 spiro atoms. The normalized spacial score (nSPS) is 11.5. The first-order valence-electron chi connectivity index (χ1n) is 6.19. The fourth-order valence-electron chi connectivity index (χ4n) is 1.90. The summed E-state index contributed by atoms with van der Waals surface area (Å²) in [5.74, 6) is 1.15. The lowest BCUT2D eigenvalue weighted by Gasteiger charge is -2.28. The predicted octanol–water partition coefficient (Wildman–Crippen LogP) is 2.17. The van der Waals surface area contributed by atoms with Gasteiger partial charge in [0, 0.05) is 13.3 Å². The fourth-order valence-corrected chi connectivity index (χ4v) is 1.90. The minimum absolute atomic E-state index is 0.0736. The Morgan fingerprint density at radius 1 is 1.35 bits per heavy atom. The van der Waals surface area contributed by atoms with Crippen molar-refractivity contribution in [3.8, 4) is 0 Å². The second-order valence-corrected chi connectivity index (χ2v) is 4.23. The Balaban J connectivity index is 2.99. The first-order chi connectivity index (χ1) is 8.07. The van der Waals surface area contributed by atoms with Crippen LogP contribution in [0.25, 0.3) is 0 Å². The van der Waals surface area contributed by atoms with Crippen LogP contribution in [-0.4, -0.2) is 16.0 Å². The number of amides is 1. The first kappa shape index (κ1) is 13.7. The number of nitrogens with zero attached hydrogens (tertiary/aromatic N) is 2. The fraction of sp³-hybridized carbons (Fsp3) is 0.750. The highest BCUT2D eigenvalue weighted by atomic mass is 16.5. The number of rotatable bonds is 6. The maximum atomic E-state index is 11.3. The summed E-state index contributed by atoms with van der Waals surface area (Å²) in [5.41, 5.74) is -0.499. The van der Waals surface area contributed by atoms with E-state index in [1.54, 1.807) is 0 Å². The zero-order valence-electron chi connectivity index (χ0n) is 11.0. The Hall–Kier alpha value is -1.39. The van der Waals surface area contributed by atoms with Crippen LogP contribution in [0.1, 0.15) is 58.7 Å². The molecule has 0 saturated carbocycles. The van der Waals surface area contributed by atoms with Crippen LogP contribution in [0.4, 0.5) is 0 Å². The highest BCUT2D eigenvalue weighted by molar-refractivity contribution is 5.73. The Kier molecular flexibility index (Phi) is 4.66.